The maximum atomic E-state index is 13.0. The molecule has 0 spiro atoms. The Hall–Kier alpha value is -3.66. The van der Waals surface area contributed by atoms with E-state index in [0.29, 0.717) is 18.5 Å². The highest BCUT2D eigenvalue weighted by atomic mass is 16.3. The SMILES string of the molecule is CN1C(=O)c2c(O)c(=O)ccn2N2[C@H](c3ccccc3)[C@@H](n3cc(CO)nn3)CC[C@@H]12. The number of hydrogen-bond acceptors (Lipinski definition) is 7. The number of pyridine rings is 1. The van der Waals surface area contributed by atoms with Crippen LogP contribution in [0.3, 0.4) is 0 Å². The van der Waals surface area contributed by atoms with E-state index in [9.17, 15) is 19.8 Å². The van der Waals surface area contributed by atoms with Crippen molar-refractivity contribution < 1.29 is 15.0 Å². The van der Waals surface area contributed by atoms with Crippen molar-refractivity contribution in [2.24, 2.45) is 0 Å². The zero-order chi connectivity index (χ0) is 21.7. The van der Waals surface area contributed by atoms with Gasteiger partial charge in [0.2, 0.25) is 5.43 Å². The van der Waals surface area contributed by atoms with Gasteiger partial charge in [0.15, 0.2) is 11.4 Å². The number of aromatic nitrogens is 4. The zero-order valence-electron chi connectivity index (χ0n) is 16.9. The number of hydrogen-bond donors (Lipinski definition) is 2. The van der Waals surface area contributed by atoms with E-state index >= 15 is 0 Å². The molecule has 2 aliphatic heterocycles. The first-order chi connectivity index (χ1) is 15.0. The Morgan fingerprint density at radius 3 is 2.61 bits per heavy atom. The van der Waals surface area contributed by atoms with Gasteiger partial charge in [-0.15, -0.1) is 5.10 Å². The molecule has 2 aromatic heterocycles. The van der Waals surface area contributed by atoms with Crippen LogP contribution in [-0.2, 0) is 6.61 Å². The molecule has 0 saturated carbocycles. The highest BCUT2D eigenvalue weighted by Gasteiger charge is 2.47. The second-order valence-electron chi connectivity index (χ2n) is 7.85. The number of aliphatic hydroxyl groups is 1. The van der Waals surface area contributed by atoms with Gasteiger partial charge in [-0.3, -0.25) is 19.3 Å². The first-order valence-electron chi connectivity index (χ1n) is 10.1. The smallest absolute Gasteiger partial charge is 0.277 e. The second kappa shape index (κ2) is 7.24. The van der Waals surface area contributed by atoms with E-state index in [0.717, 1.165) is 5.56 Å². The number of rotatable bonds is 3. The summed E-state index contributed by atoms with van der Waals surface area (Å²) in [6.07, 6.45) is 4.35. The summed E-state index contributed by atoms with van der Waals surface area (Å²) in [4.78, 5) is 26.7. The number of nitrogens with zero attached hydrogens (tertiary/aromatic N) is 6. The number of amides is 1. The average molecular weight is 422 g/mol. The first kappa shape index (κ1) is 19.3. The molecule has 2 aliphatic rings. The van der Waals surface area contributed by atoms with E-state index in [-0.39, 0.29) is 30.6 Å². The van der Waals surface area contributed by atoms with Gasteiger partial charge in [-0.1, -0.05) is 35.5 Å². The largest absolute Gasteiger partial charge is 0.502 e. The number of carbonyl (C=O) groups excluding carboxylic acids is 1. The van der Waals surface area contributed by atoms with E-state index in [1.54, 1.807) is 27.5 Å². The molecule has 2 N–H and O–H groups in total. The molecule has 1 amide bonds. The molecule has 1 aromatic carbocycles. The minimum atomic E-state index is -0.597. The van der Waals surface area contributed by atoms with Crippen molar-refractivity contribution in [3.05, 3.63) is 76.0 Å². The van der Waals surface area contributed by atoms with Gasteiger partial charge in [-0.05, 0) is 18.4 Å². The van der Waals surface area contributed by atoms with Crippen molar-refractivity contribution in [2.75, 3.05) is 12.1 Å². The van der Waals surface area contributed by atoms with Crippen LogP contribution in [0, 0.1) is 0 Å². The standard InChI is InChI=1S/C21H22N6O4/c1-24-17-8-7-15(25-11-14(12-28)22-23-25)18(13-5-3-2-4-6-13)27(17)26-10-9-16(29)20(30)19(26)21(24)31/h2-6,9-11,15,17-18,28,30H,7-8,12H2,1H3/t15-,17-,18+/m0/s1. The van der Waals surface area contributed by atoms with Gasteiger partial charge >= 0.3 is 0 Å². The fourth-order valence-corrected chi connectivity index (χ4v) is 4.68. The molecule has 31 heavy (non-hydrogen) atoms. The summed E-state index contributed by atoms with van der Waals surface area (Å²) in [5, 5.41) is 30.2. The molecule has 3 aromatic rings. The number of aliphatic hydroxyl groups excluding tert-OH is 1. The Morgan fingerprint density at radius 1 is 1.13 bits per heavy atom. The lowest BCUT2D eigenvalue weighted by Gasteiger charge is -2.53. The average Bonchev–Trinajstić information content (AvgIpc) is 3.28. The fourth-order valence-electron chi connectivity index (χ4n) is 4.68. The molecule has 0 unspecified atom stereocenters. The molecule has 0 aliphatic carbocycles. The topological polar surface area (TPSA) is 117 Å². The highest BCUT2D eigenvalue weighted by Crippen LogP contribution is 2.43. The van der Waals surface area contributed by atoms with Crippen molar-refractivity contribution >= 4 is 5.91 Å². The lowest BCUT2D eigenvalue weighted by atomic mass is 9.89. The van der Waals surface area contributed by atoms with Crippen LogP contribution in [0.25, 0.3) is 0 Å². The lowest BCUT2D eigenvalue weighted by molar-refractivity contribution is 0.0492. The maximum absolute atomic E-state index is 13.0. The monoisotopic (exact) mass is 422 g/mol. The van der Waals surface area contributed by atoms with Gasteiger partial charge in [0.1, 0.15) is 11.9 Å². The van der Waals surface area contributed by atoms with Crippen molar-refractivity contribution in [1.82, 2.24) is 24.6 Å². The summed E-state index contributed by atoms with van der Waals surface area (Å²) in [5.41, 5.74) is 0.814. The highest BCUT2D eigenvalue weighted by molar-refractivity contribution is 5.96. The summed E-state index contributed by atoms with van der Waals surface area (Å²) in [6.45, 7) is -0.204. The minimum Gasteiger partial charge on any atom is -0.502 e. The van der Waals surface area contributed by atoms with Crippen LogP contribution in [0.4, 0.5) is 0 Å². The predicted octanol–water partition coefficient (Wildman–Crippen LogP) is 0.764. The van der Waals surface area contributed by atoms with Gasteiger partial charge in [-0.25, -0.2) is 4.68 Å². The third-order valence-corrected chi connectivity index (χ3v) is 6.15. The van der Waals surface area contributed by atoms with Gasteiger partial charge < -0.3 is 15.1 Å². The van der Waals surface area contributed by atoms with Gasteiger partial charge in [0.05, 0.1) is 24.9 Å². The van der Waals surface area contributed by atoms with E-state index in [4.69, 9.17) is 0 Å². The van der Waals surface area contributed by atoms with Crippen LogP contribution in [0.5, 0.6) is 5.75 Å². The summed E-state index contributed by atoms with van der Waals surface area (Å²) >= 11 is 0. The third kappa shape index (κ3) is 2.90. The van der Waals surface area contributed by atoms with Crippen LogP contribution in [0.2, 0.25) is 0 Å². The van der Waals surface area contributed by atoms with Crippen LogP contribution in [0.15, 0.2) is 53.6 Å². The van der Waals surface area contributed by atoms with Crippen molar-refractivity contribution in [3.8, 4) is 5.75 Å². The van der Waals surface area contributed by atoms with E-state index < -0.39 is 17.1 Å². The summed E-state index contributed by atoms with van der Waals surface area (Å²) in [7, 11) is 1.68. The molecule has 1 saturated heterocycles. The number of fused-ring (bicyclic) bond motifs is 3. The van der Waals surface area contributed by atoms with E-state index in [2.05, 4.69) is 10.3 Å². The molecule has 0 radical (unpaired) electrons. The normalized spacial score (nSPS) is 22.9. The number of benzene rings is 1. The Kier molecular flexibility index (Phi) is 4.51. The summed E-state index contributed by atoms with van der Waals surface area (Å²) in [6, 6.07) is 10.7. The van der Waals surface area contributed by atoms with E-state index in [1.165, 1.54) is 12.3 Å². The molecule has 10 nitrogen and oxygen atoms in total. The molecule has 4 heterocycles. The molecule has 0 bridgehead atoms. The van der Waals surface area contributed by atoms with Crippen LogP contribution >= 0.6 is 0 Å². The third-order valence-electron chi connectivity index (χ3n) is 6.15. The van der Waals surface area contributed by atoms with Crippen molar-refractivity contribution in [3.63, 3.8) is 0 Å². The van der Waals surface area contributed by atoms with Crippen molar-refractivity contribution in [1.29, 1.82) is 0 Å². The molecular weight excluding hydrogens is 400 g/mol. The second-order valence-corrected chi connectivity index (χ2v) is 7.85. The molecule has 160 valence electrons. The Labute approximate surface area is 177 Å². The molecule has 3 atom stereocenters. The molecule has 10 heteroatoms. The first-order valence-corrected chi connectivity index (χ1v) is 10.1. The fraction of sp³-hybridized carbons (Fsp3) is 0.333. The summed E-state index contributed by atoms with van der Waals surface area (Å²) < 4.78 is 3.34. The predicted molar refractivity (Wildman–Crippen MR) is 110 cm³/mol. The van der Waals surface area contributed by atoms with Gasteiger partial charge in [-0.2, -0.15) is 0 Å². The molecule has 1 fully saturated rings. The van der Waals surface area contributed by atoms with Gasteiger partial charge in [0.25, 0.3) is 5.91 Å². The Morgan fingerprint density at radius 2 is 1.90 bits per heavy atom. The Bertz CT molecular complexity index is 1190. The Balaban J connectivity index is 1.72. The maximum Gasteiger partial charge on any atom is 0.277 e. The van der Waals surface area contributed by atoms with Crippen LogP contribution < -0.4 is 10.4 Å². The summed E-state index contributed by atoms with van der Waals surface area (Å²) in [5.74, 6) is -0.958. The number of aromatic hydroxyl groups is 1. The quantitative estimate of drug-likeness (QED) is 0.640. The lowest BCUT2D eigenvalue weighted by Crippen LogP contribution is -2.64. The zero-order valence-corrected chi connectivity index (χ0v) is 16.9. The van der Waals surface area contributed by atoms with Crippen molar-refractivity contribution in [2.45, 2.75) is 37.7 Å². The number of carbonyl (C=O) groups is 1. The number of piperidine rings is 1. The minimum absolute atomic E-state index is 0.0533. The van der Waals surface area contributed by atoms with Crippen LogP contribution in [0.1, 0.15) is 46.7 Å². The van der Waals surface area contributed by atoms with Crippen LogP contribution in [-0.4, -0.2) is 53.9 Å². The van der Waals surface area contributed by atoms with E-state index in [1.807, 2.05) is 35.3 Å². The van der Waals surface area contributed by atoms with Gasteiger partial charge in [0, 0.05) is 19.3 Å². The molecule has 5 rings (SSSR count). The molecular formula is C21H22N6O4.